The monoisotopic (exact) mass is 203 g/mol. The van der Waals surface area contributed by atoms with Crippen LogP contribution in [0.15, 0.2) is 18.3 Å². The van der Waals surface area contributed by atoms with Crippen LogP contribution in [0.1, 0.15) is 37.1 Å². The molecule has 80 valence electrons. The number of hydrazine groups is 1. The van der Waals surface area contributed by atoms with Gasteiger partial charge in [-0.25, -0.2) is 0 Å². The van der Waals surface area contributed by atoms with Crippen molar-refractivity contribution in [3.8, 4) is 11.8 Å². The topological polar surface area (TPSA) is 50.9 Å². The minimum Gasteiger partial charge on any atom is -0.271 e. The molecule has 0 aliphatic rings. The standard InChI is InChI=1S/C12H17N3/c1-3-4-5-6-12(15-13)11-7-8-14-10(2)9-11/h7-9,12,15H,5-6,13H2,1-2H3. The third-order valence-corrected chi connectivity index (χ3v) is 2.26. The normalized spacial score (nSPS) is 11.7. The van der Waals surface area contributed by atoms with Crippen molar-refractivity contribution < 1.29 is 0 Å². The van der Waals surface area contributed by atoms with Crippen molar-refractivity contribution in [2.45, 2.75) is 32.7 Å². The summed E-state index contributed by atoms with van der Waals surface area (Å²) in [7, 11) is 0. The van der Waals surface area contributed by atoms with Crippen LogP contribution in [0, 0.1) is 18.8 Å². The molecular weight excluding hydrogens is 186 g/mol. The highest BCUT2D eigenvalue weighted by atomic mass is 15.2. The first kappa shape index (κ1) is 11.7. The quantitative estimate of drug-likeness (QED) is 0.445. The fourth-order valence-electron chi connectivity index (χ4n) is 1.47. The summed E-state index contributed by atoms with van der Waals surface area (Å²) in [6.45, 7) is 3.82. The van der Waals surface area contributed by atoms with Crippen molar-refractivity contribution in [2.24, 2.45) is 5.84 Å². The minimum atomic E-state index is 0.160. The molecule has 1 unspecified atom stereocenters. The molecule has 0 saturated carbocycles. The van der Waals surface area contributed by atoms with E-state index in [2.05, 4.69) is 22.3 Å². The van der Waals surface area contributed by atoms with Crippen LogP contribution < -0.4 is 11.3 Å². The third kappa shape index (κ3) is 3.70. The molecule has 0 aromatic carbocycles. The highest BCUT2D eigenvalue weighted by Gasteiger charge is 2.08. The van der Waals surface area contributed by atoms with Gasteiger partial charge in [0.25, 0.3) is 0 Å². The van der Waals surface area contributed by atoms with E-state index in [0.29, 0.717) is 0 Å². The molecule has 0 amide bonds. The van der Waals surface area contributed by atoms with E-state index in [9.17, 15) is 0 Å². The molecule has 1 rings (SSSR count). The summed E-state index contributed by atoms with van der Waals surface area (Å²) in [5.41, 5.74) is 4.99. The Morgan fingerprint density at radius 1 is 1.60 bits per heavy atom. The van der Waals surface area contributed by atoms with Gasteiger partial charge in [0, 0.05) is 24.4 Å². The summed E-state index contributed by atoms with van der Waals surface area (Å²) in [5.74, 6) is 11.4. The van der Waals surface area contributed by atoms with Crippen LogP contribution in [-0.2, 0) is 0 Å². The molecule has 1 aromatic rings. The molecule has 0 bridgehead atoms. The highest BCUT2D eigenvalue weighted by Crippen LogP contribution is 2.17. The zero-order chi connectivity index (χ0) is 11.1. The Morgan fingerprint density at radius 3 is 3.00 bits per heavy atom. The summed E-state index contributed by atoms with van der Waals surface area (Å²) < 4.78 is 0. The van der Waals surface area contributed by atoms with Crippen LogP contribution in [0.3, 0.4) is 0 Å². The summed E-state index contributed by atoms with van der Waals surface area (Å²) in [6.07, 6.45) is 3.58. The molecule has 1 aromatic heterocycles. The second-order valence-electron chi connectivity index (χ2n) is 3.42. The van der Waals surface area contributed by atoms with Gasteiger partial charge in [-0.15, -0.1) is 11.8 Å². The van der Waals surface area contributed by atoms with Gasteiger partial charge in [0.2, 0.25) is 0 Å². The number of hydrogen-bond donors (Lipinski definition) is 2. The van der Waals surface area contributed by atoms with Crippen LogP contribution in [0.2, 0.25) is 0 Å². The van der Waals surface area contributed by atoms with E-state index in [1.807, 2.05) is 26.0 Å². The van der Waals surface area contributed by atoms with E-state index in [0.717, 1.165) is 18.5 Å². The average molecular weight is 203 g/mol. The highest BCUT2D eigenvalue weighted by molar-refractivity contribution is 5.19. The van der Waals surface area contributed by atoms with E-state index >= 15 is 0 Å². The second-order valence-corrected chi connectivity index (χ2v) is 3.42. The summed E-state index contributed by atoms with van der Waals surface area (Å²) in [5, 5.41) is 0. The van der Waals surface area contributed by atoms with Gasteiger partial charge in [-0.2, -0.15) is 0 Å². The molecule has 15 heavy (non-hydrogen) atoms. The smallest absolute Gasteiger partial charge is 0.0470 e. The Balaban J connectivity index is 2.68. The molecule has 0 saturated heterocycles. The van der Waals surface area contributed by atoms with Crippen molar-refractivity contribution >= 4 is 0 Å². The van der Waals surface area contributed by atoms with E-state index in [1.54, 1.807) is 6.20 Å². The van der Waals surface area contributed by atoms with Crippen molar-refractivity contribution in [3.63, 3.8) is 0 Å². The van der Waals surface area contributed by atoms with E-state index in [1.165, 1.54) is 5.56 Å². The molecule has 0 radical (unpaired) electrons. The minimum absolute atomic E-state index is 0.160. The Hall–Kier alpha value is -1.37. The Bertz CT molecular complexity index is 363. The first-order valence-corrected chi connectivity index (χ1v) is 5.06. The lowest BCUT2D eigenvalue weighted by molar-refractivity contribution is 0.523. The van der Waals surface area contributed by atoms with E-state index < -0.39 is 0 Å². The zero-order valence-electron chi connectivity index (χ0n) is 9.25. The largest absolute Gasteiger partial charge is 0.271 e. The summed E-state index contributed by atoms with van der Waals surface area (Å²) >= 11 is 0. The Labute approximate surface area is 91.1 Å². The van der Waals surface area contributed by atoms with Crippen LogP contribution in [0.5, 0.6) is 0 Å². The number of pyridine rings is 1. The van der Waals surface area contributed by atoms with Gasteiger partial charge in [-0.1, -0.05) is 0 Å². The van der Waals surface area contributed by atoms with E-state index in [-0.39, 0.29) is 6.04 Å². The van der Waals surface area contributed by atoms with Crippen LogP contribution in [-0.4, -0.2) is 4.98 Å². The number of nitrogens with zero attached hydrogens (tertiary/aromatic N) is 1. The average Bonchev–Trinajstić information content (AvgIpc) is 2.24. The summed E-state index contributed by atoms with van der Waals surface area (Å²) in [4.78, 5) is 4.16. The fourth-order valence-corrected chi connectivity index (χ4v) is 1.47. The van der Waals surface area contributed by atoms with Gasteiger partial charge in [-0.05, 0) is 38.0 Å². The molecular formula is C12H17N3. The SMILES string of the molecule is CC#CCCC(NN)c1ccnc(C)c1. The number of nitrogens with one attached hydrogen (secondary N) is 1. The molecule has 1 atom stereocenters. The molecule has 1 heterocycles. The van der Waals surface area contributed by atoms with Crippen LogP contribution in [0.25, 0.3) is 0 Å². The number of aryl methyl sites for hydroxylation is 1. The number of aromatic nitrogens is 1. The predicted molar refractivity (Wildman–Crippen MR) is 61.7 cm³/mol. The Morgan fingerprint density at radius 2 is 2.40 bits per heavy atom. The van der Waals surface area contributed by atoms with Gasteiger partial charge in [0.05, 0.1) is 0 Å². The zero-order valence-corrected chi connectivity index (χ0v) is 9.25. The van der Waals surface area contributed by atoms with Gasteiger partial charge in [0.1, 0.15) is 0 Å². The van der Waals surface area contributed by atoms with Gasteiger partial charge >= 0.3 is 0 Å². The lowest BCUT2D eigenvalue weighted by atomic mass is 10.0. The molecule has 3 nitrogen and oxygen atoms in total. The maximum absolute atomic E-state index is 5.52. The van der Waals surface area contributed by atoms with Crippen molar-refractivity contribution in [1.29, 1.82) is 0 Å². The van der Waals surface area contributed by atoms with Crippen LogP contribution >= 0.6 is 0 Å². The van der Waals surface area contributed by atoms with Crippen LogP contribution in [0.4, 0.5) is 0 Å². The maximum Gasteiger partial charge on any atom is 0.0470 e. The van der Waals surface area contributed by atoms with Gasteiger partial charge in [0.15, 0.2) is 0 Å². The molecule has 0 fully saturated rings. The first-order valence-electron chi connectivity index (χ1n) is 5.06. The Kier molecular flexibility index (Phi) is 4.82. The van der Waals surface area contributed by atoms with Crippen molar-refractivity contribution in [2.75, 3.05) is 0 Å². The number of nitrogens with two attached hydrogens (primary N) is 1. The lowest BCUT2D eigenvalue weighted by Gasteiger charge is -2.14. The molecule has 0 aliphatic carbocycles. The first-order chi connectivity index (χ1) is 7.27. The van der Waals surface area contributed by atoms with Crippen molar-refractivity contribution in [1.82, 2.24) is 10.4 Å². The maximum atomic E-state index is 5.52. The van der Waals surface area contributed by atoms with E-state index in [4.69, 9.17) is 5.84 Å². The number of hydrogen-bond acceptors (Lipinski definition) is 3. The molecule has 0 spiro atoms. The predicted octanol–water partition coefficient (Wildman–Crippen LogP) is 1.70. The van der Waals surface area contributed by atoms with Gasteiger partial charge in [-0.3, -0.25) is 16.3 Å². The fraction of sp³-hybridized carbons (Fsp3) is 0.417. The second kappa shape index (κ2) is 6.18. The van der Waals surface area contributed by atoms with Gasteiger partial charge < -0.3 is 0 Å². The molecule has 0 aliphatic heterocycles. The lowest BCUT2D eigenvalue weighted by Crippen LogP contribution is -2.28. The van der Waals surface area contributed by atoms with Crippen molar-refractivity contribution in [3.05, 3.63) is 29.6 Å². The summed E-state index contributed by atoms with van der Waals surface area (Å²) in [6, 6.07) is 4.19. The third-order valence-electron chi connectivity index (χ3n) is 2.26. The molecule has 3 N–H and O–H groups in total. The number of rotatable bonds is 4. The molecule has 3 heteroatoms.